The Morgan fingerprint density at radius 3 is 0.781 bits per heavy atom. The van der Waals surface area contributed by atoms with Crippen LogP contribution < -0.4 is 0 Å². The van der Waals surface area contributed by atoms with Crippen molar-refractivity contribution in [3.05, 3.63) is 0 Å². The third kappa shape index (κ3) is 22.8. The summed E-state index contributed by atoms with van der Waals surface area (Å²) >= 11 is 1.70. The maximum atomic E-state index is 10.4. The Morgan fingerprint density at radius 2 is 0.781 bits per heavy atom. The molecule has 0 saturated carbocycles. The standard InChI is InChI=1S/3C6H10O3.C3H7O.Ti/c3*1-3-5(4(2)7)6(8)9;1-3(2)4;/h3*5H,3H2,1-2H3,(H,8,9);3H,1-2H3;/q;;;-1;+1. The molecule has 185 valence electrons. The zero-order valence-corrected chi connectivity index (χ0v) is 21.7. The number of aliphatic carboxylic acids is 3. The van der Waals surface area contributed by atoms with Gasteiger partial charge in [0.2, 0.25) is 0 Å². The number of hydrogen-bond acceptors (Lipinski definition) is 7. The minimum Gasteiger partial charge on any atom is -0.481 e. The van der Waals surface area contributed by atoms with E-state index in [4.69, 9.17) is 18.6 Å². The van der Waals surface area contributed by atoms with Gasteiger partial charge in [0.15, 0.2) is 0 Å². The number of Topliss-reactive ketones (excluding diaryl/α,β-unsaturated/α-hetero) is 3. The summed E-state index contributed by atoms with van der Waals surface area (Å²) < 4.78 is 4.75. The van der Waals surface area contributed by atoms with Crippen molar-refractivity contribution in [1.29, 1.82) is 0 Å². The van der Waals surface area contributed by atoms with Gasteiger partial charge in [0.05, 0.1) is 0 Å². The number of hydrogen-bond donors (Lipinski definition) is 3. The van der Waals surface area contributed by atoms with Crippen LogP contribution in [0.2, 0.25) is 0 Å². The van der Waals surface area contributed by atoms with Crippen molar-refractivity contribution in [2.75, 3.05) is 0 Å². The summed E-state index contributed by atoms with van der Waals surface area (Å²) in [6, 6.07) is 0. The number of ketones is 3. The summed E-state index contributed by atoms with van der Waals surface area (Å²) in [6.45, 7) is 12.9. The molecule has 3 unspecified atom stereocenters. The second kappa shape index (κ2) is 22.3. The van der Waals surface area contributed by atoms with Gasteiger partial charge in [0.1, 0.15) is 35.1 Å². The van der Waals surface area contributed by atoms with E-state index in [1.807, 2.05) is 13.8 Å². The SMILES string of the molecule is CC(C)[O][Ti].CCC(C(C)=O)C(=O)O.CCC(C(C)=O)C(=O)O.CCC(C(C)=O)C(=O)O. The van der Waals surface area contributed by atoms with Gasteiger partial charge in [-0.1, -0.05) is 20.8 Å². The Hall–Kier alpha value is -1.91. The molecule has 0 saturated heterocycles. The molecule has 32 heavy (non-hydrogen) atoms. The molecule has 0 bridgehead atoms. The van der Waals surface area contributed by atoms with E-state index < -0.39 is 35.7 Å². The average Bonchev–Trinajstić information content (AvgIpc) is 2.62. The number of carbonyl (C=O) groups is 6. The minimum absolute atomic E-state index is 0.273. The van der Waals surface area contributed by atoms with E-state index in [-0.39, 0.29) is 17.3 Å². The molecule has 0 heterocycles. The van der Waals surface area contributed by atoms with Crippen molar-refractivity contribution < 1.29 is 68.2 Å². The van der Waals surface area contributed by atoms with Crippen LogP contribution in [0.5, 0.6) is 0 Å². The van der Waals surface area contributed by atoms with Crippen LogP contribution in [0, 0.1) is 17.8 Å². The largest absolute Gasteiger partial charge is 0.481 e. The van der Waals surface area contributed by atoms with E-state index in [2.05, 4.69) is 0 Å². The van der Waals surface area contributed by atoms with Gasteiger partial charge in [-0.05, 0) is 40.0 Å². The Kier molecular flexibility index (Phi) is 26.1. The first kappa shape index (κ1) is 37.4. The smallest absolute Gasteiger partial charge is 0.314 e. The van der Waals surface area contributed by atoms with Crippen LogP contribution >= 0.6 is 0 Å². The van der Waals surface area contributed by atoms with E-state index in [0.29, 0.717) is 25.4 Å². The van der Waals surface area contributed by atoms with Gasteiger partial charge >= 0.3 is 62.0 Å². The summed E-state index contributed by atoms with van der Waals surface area (Å²) in [5, 5.41) is 25.0. The quantitative estimate of drug-likeness (QED) is 0.301. The van der Waals surface area contributed by atoms with Crippen LogP contribution in [0.25, 0.3) is 0 Å². The fourth-order valence-corrected chi connectivity index (χ4v) is 1.91. The monoisotopic (exact) mass is 497 g/mol. The Balaban J connectivity index is -0.000000167. The van der Waals surface area contributed by atoms with E-state index >= 15 is 0 Å². The van der Waals surface area contributed by atoms with Crippen molar-refractivity contribution in [1.82, 2.24) is 0 Å². The second-order valence-electron chi connectivity index (χ2n) is 6.90. The van der Waals surface area contributed by atoms with E-state index in [9.17, 15) is 28.8 Å². The molecule has 3 atom stereocenters. The molecule has 0 aromatic rings. The third-order valence-corrected chi connectivity index (χ3v) is 4.56. The fraction of sp³-hybridized carbons (Fsp3) is 0.714. The minimum atomic E-state index is -1.02. The molecule has 0 spiro atoms. The Labute approximate surface area is 202 Å². The molecule has 0 rings (SSSR count). The molecule has 0 radical (unpaired) electrons. The molecule has 0 amide bonds. The Bertz CT molecular complexity index is 483. The first-order valence-corrected chi connectivity index (χ1v) is 10.7. The molecule has 0 aromatic carbocycles. The molecule has 10 nitrogen and oxygen atoms in total. The number of rotatable bonds is 10. The summed E-state index contributed by atoms with van der Waals surface area (Å²) in [5.41, 5.74) is 0. The predicted octanol–water partition coefficient (Wildman–Crippen LogP) is 2.93. The van der Waals surface area contributed by atoms with Gasteiger partial charge in [-0.25, -0.2) is 0 Å². The molecule has 0 aliphatic carbocycles. The van der Waals surface area contributed by atoms with Crippen molar-refractivity contribution in [3.8, 4) is 0 Å². The van der Waals surface area contributed by atoms with Gasteiger partial charge in [-0.15, -0.1) is 0 Å². The first-order chi connectivity index (χ1) is 14.5. The average molecular weight is 497 g/mol. The maximum Gasteiger partial charge on any atom is 0.314 e. The van der Waals surface area contributed by atoms with Crippen LogP contribution in [0.3, 0.4) is 0 Å². The van der Waals surface area contributed by atoms with Crippen molar-refractivity contribution in [3.63, 3.8) is 0 Å². The van der Waals surface area contributed by atoms with Gasteiger partial charge < -0.3 is 15.3 Å². The molecule has 0 aliphatic heterocycles. The van der Waals surface area contributed by atoms with Crippen molar-refractivity contribution >= 4 is 35.3 Å². The maximum absolute atomic E-state index is 10.4. The molecule has 3 N–H and O–H groups in total. The molecule has 11 heteroatoms. The van der Waals surface area contributed by atoms with Gasteiger partial charge in [-0.2, -0.15) is 0 Å². The molecule has 0 aliphatic rings. The van der Waals surface area contributed by atoms with E-state index in [1.165, 1.54) is 20.8 Å². The van der Waals surface area contributed by atoms with Crippen LogP contribution in [0.15, 0.2) is 0 Å². The predicted molar refractivity (Wildman–Crippen MR) is 113 cm³/mol. The third-order valence-electron chi connectivity index (χ3n) is 3.83. The van der Waals surface area contributed by atoms with Crippen LogP contribution in [0.1, 0.15) is 74.7 Å². The number of carboxylic acid groups (broad SMARTS) is 3. The van der Waals surface area contributed by atoms with E-state index in [1.54, 1.807) is 41.6 Å². The molecule has 0 fully saturated rings. The fourth-order valence-electron chi connectivity index (χ4n) is 1.91. The molecular weight excluding hydrogens is 460 g/mol. The van der Waals surface area contributed by atoms with Crippen LogP contribution in [-0.2, 0) is 52.9 Å². The second-order valence-corrected chi connectivity index (χ2v) is 7.26. The van der Waals surface area contributed by atoms with Gasteiger partial charge in [-0.3, -0.25) is 28.8 Å². The molecule has 0 aromatic heterocycles. The van der Waals surface area contributed by atoms with Crippen LogP contribution in [0.4, 0.5) is 0 Å². The van der Waals surface area contributed by atoms with Crippen molar-refractivity contribution in [2.45, 2.75) is 80.8 Å². The zero-order valence-electron chi connectivity index (χ0n) is 20.1. The summed E-state index contributed by atoms with van der Waals surface area (Å²) in [6.07, 6.45) is 1.52. The summed E-state index contributed by atoms with van der Waals surface area (Å²) in [4.78, 5) is 61.8. The Morgan fingerprint density at radius 1 is 0.625 bits per heavy atom. The zero-order chi connectivity index (χ0) is 26.6. The van der Waals surface area contributed by atoms with Crippen LogP contribution in [-0.4, -0.2) is 56.7 Å². The topological polar surface area (TPSA) is 172 Å². The summed E-state index contributed by atoms with van der Waals surface area (Å²) in [5.74, 6) is -6.29. The number of carboxylic acids is 3. The normalized spacial score (nSPS) is 12.1. The van der Waals surface area contributed by atoms with Crippen molar-refractivity contribution in [2.24, 2.45) is 17.8 Å². The van der Waals surface area contributed by atoms with E-state index in [0.717, 1.165) is 0 Å². The first-order valence-electron chi connectivity index (χ1n) is 10.1. The van der Waals surface area contributed by atoms with Gasteiger partial charge in [0.25, 0.3) is 0 Å². The number of carbonyl (C=O) groups excluding carboxylic acids is 3. The molecular formula is C21H37O10Ti. The van der Waals surface area contributed by atoms with Gasteiger partial charge in [0, 0.05) is 0 Å². The summed E-state index contributed by atoms with van der Waals surface area (Å²) in [7, 11) is 0.